The minimum Gasteiger partial charge on any atom is -0.491 e. The predicted molar refractivity (Wildman–Crippen MR) is 169 cm³/mol. The van der Waals surface area contributed by atoms with Gasteiger partial charge in [-0.25, -0.2) is 0 Å². The quantitative estimate of drug-likeness (QED) is 0.238. The van der Waals surface area contributed by atoms with E-state index in [1.807, 2.05) is 32.9 Å². The number of aliphatic hydroxyl groups is 2. The first-order chi connectivity index (χ1) is 18.4. The lowest BCUT2D eigenvalue weighted by Crippen LogP contribution is -2.43. The molecule has 0 saturated heterocycles. The lowest BCUT2D eigenvalue weighted by atomic mass is 9.70. The van der Waals surface area contributed by atoms with Gasteiger partial charge in [-0.05, 0) is 84.6 Å². The van der Waals surface area contributed by atoms with E-state index in [1.54, 1.807) is 0 Å². The molecule has 0 amide bonds. The molecule has 2 N–H and O–H groups in total. The van der Waals surface area contributed by atoms with Crippen molar-refractivity contribution in [3.8, 4) is 11.5 Å². The van der Waals surface area contributed by atoms with Crippen LogP contribution in [0.25, 0.3) is 0 Å². The van der Waals surface area contributed by atoms with Crippen molar-refractivity contribution in [2.75, 3.05) is 19.8 Å². The van der Waals surface area contributed by atoms with Crippen molar-refractivity contribution >= 4 is 8.32 Å². The largest absolute Gasteiger partial charge is 0.491 e. The lowest BCUT2D eigenvalue weighted by molar-refractivity contribution is 0.0216. The van der Waals surface area contributed by atoms with E-state index in [1.165, 1.54) is 11.1 Å². The fraction of sp³-hybridized carbons (Fsp3) is 0.647. The maximum atomic E-state index is 10.5. The molecule has 0 aliphatic rings. The summed E-state index contributed by atoms with van der Waals surface area (Å²) in [6.45, 7) is 26.4. The van der Waals surface area contributed by atoms with Crippen LogP contribution in [0.2, 0.25) is 18.1 Å². The molecular weight excluding hydrogens is 516 g/mol. The smallest absolute Gasteiger partial charge is 0.192 e. The van der Waals surface area contributed by atoms with E-state index < -0.39 is 20.5 Å². The van der Waals surface area contributed by atoms with Crippen molar-refractivity contribution in [3.05, 3.63) is 58.7 Å². The van der Waals surface area contributed by atoms with Crippen LogP contribution in [0.5, 0.6) is 11.5 Å². The fourth-order valence-electron chi connectivity index (χ4n) is 4.63. The molecule has 5 nitrogen and oxygen atoms in total. The first-order valence-electron chi connectivity index (χ1n) is 14.9. The van der Waals surface area contributed by atoms with Crippen molar-refractivity contribution in [1.29, 1.82) is 0 Å². The normalized spacial score (nSPS) is 14.7. The van der Waals surface area contributed by atoms with Gasteiger partial charge in [-0.1, -0.05) is 79.7 Å². The lowest BCUT2D eigenvalue weighted by Gasteiger charge is -2.36. The molecular formula is C34H56O5Si. The maximum Gasteiger partial charge on any atom is 0.192 e. The SMILES string of the molecule is CCC(CC)(c1ccc(OCC(O)CO[Si](C)(C)C(C)(C)C)c(C)c1)c1ccc(OCC(O)C(C)(C)C)c(C)c1. The van der Waals surface area contributed by atoms with Gasteiger partial charge in [0.2, 0.25) is 0 Å². The van der Waals surface area contributed by atoms with E-state index in [0.29, 0.717) is 0 Å². The van der Waals surface area contributed by atoms with Gasteiger partial charge in [-0.3, -0.25) is 0 Å². The van der Waals surface area contributed by atoms with Gasteiger partial charge >= 0.3 is 0 Å². The van der Waals surface area contributed by atoms with E-state index >= 15 is 0 Å². The van der Waals surface area contributed by atoms with Crippen LogP contribution >= 0.6 is 0 Å². The molecule has 0 spiro atoms. The van der Waals surface area contributed by atoms with Gasteiger partial charge in [-0.15, -0.1) is 0 Å². The number of hydrogen-bond acceptors (Lipinski definition) is 5. The molecule has 2 unspecified atom stereocenters. The summed E-state index contributed by atoms with van der Waals surface area (Å²) in [6.07, 6.45) is 0.697. The van der Waals surface area contributed by atoms with Crippen LogP contribution in [-0.4, -0.2) is 50.6 Å². The van der Waals surface area contributed by atoms with Crippen molar-refractivity contribution in [2.45, 2.75) is 118 Å². The zero-order valence-electron chi connectivity index (χ0n) is 27.3. The zero-order valence-corrected chi connectivity index (χ0v) is 28.3. The summed E-state index contributed by atoms with van der Waals surface area (Å²) in [6, 6.07) is 12.8. The Bertz CT molecular complexity index is 1090. The Labute approximate surface area is 245 Å². The second-order valence-corrected chi connectivity index (χ2v) is 18.8. The van der Waals surface area contributed by atoms with Crippen molar-refractivity contribution in [2.24, 2.45) is 5.41 Å². The van der Waals surface area contributed by atoms with E-state index in [-0.39, 0.29) is 35.7 Å². The van der Waals surface area contributed by atoms with Gasteiger partial charge in [0.05, 0.1) is 12.7 Å². The molecule has 226 valence electrons. The van der Waals surface area contributed by atoms with Crippen LogP contribution in [0, 0.1) is 19.3 Å². The summed E-state index contributed by atoms with van der Waals surface area (Å²) in [4.78, 5) is 0. The third-order valence-corrected chi connectivity index (χ3v) is 13.4. The average Bonchev–Trinajstić information content (AvgIpc) is 2.86. The van der Waals surface area contributed by atoms with Gasteiger partial charge in [-0.2, -0.15) is 0 Å². The Morgan fingerprint density at radius 3 is 1.55 bits per heavy atom. The van der Waals surface area contributed by atoms with Crippen LogP contribution in [0.1, 0.15) is 90.5 Å². The molecule has 40 heavy (non-hydrogen) atoms. The van der Waals surface area contributed by atoms with Gasteiger partial charge in [0, 0.05) is 5.41 Å². The first-order valence-corrected chi connectivity index (χ1v) is 17.8. The van der Waals surface area contributed by atoms with Crippen LogP contribution in [0.4, 0.5) is 0 Å². The number of aliphatic hydroxyl groups excluding tert-OH is 2. The Morgan fingerprint density at radius 2 is 1.18 bits per heavy atom. The summed E-state index contributed by atoms with van der Waals surface area (Å²) in [5.74, 6) is 1.60. The summed E-state index contributed by atoms with van der Waals surface area (Å²) >= 11 is 0. The summed E-state index contributed by atoms with van der Waals surface area (Å²) in [5.41, 5.74) is 4.25. The highest BCUT2D eigenvalue weighted by atomic mass is 28.4. The van der Waals surface area contributed by atoms with Crippen LogP contribution < -0.4 is 9.47 Å². The molecule has 0 aromatic heterocycles. The third-order valence-electron chi connectivity index (χ3n) is 8.93. The van der Waals surface area contributed by atoms with E-state index in [9.17, 15) is 10.2 Å². The highest BCUT2D eigenvalue weighted by Crippen LogP contribution is 2.42. The number of hydrogen-bond donors (Lipinski definition) is 2. The number of ether oxygens (including phenoxy) is 2. The Kier molecular flexibility index (Phi) is 11.5. The molecule has 6 heteroatoms. The molecule has 2 aromatic carbocycles. The van der Waals surface area contributed by atoms with Crippen molar-refractivity contribution in [3.63, 3.8) is 0 Å². The first kappa shape index (κ1) is 34.3. The molecule has 2 rings (SSSR count). The fourth-order valence-corrected chi connectivity index (χ4v) is 5.67. The van der Waals surface area contributed by atoms with E-state index in [2.05, 4.69) is 85.8 Å². The highest BCUT2D eigenvalue weighted by Gasteiger charge is 2.37. The second-order valence-electron chi connectivity index (χ2n) is 14.0. The molecule has 0 aliphatic carbocycles. The van der Waals surface area contributed by atoms with Gasteiger partial charge in [0.1, 0.15) is 30.8 Å². The predicted octanol–water partition coefficient (Wildman–Crippen LogP) is 7.96. The zero-order chi connectivity index (χ0) is 30.5. The Balaban J connectivity index is 2.18. The summed E-state index contributed by atoms with van der Waals surface area (Å²) in [7, 11) is -1.92. The summed E-state index contributed by atoms with van der Waals surface area (Å²) < 4.78 is 18.2. The Morgan fingerprint density at radius 1 is 0.725 bits per heavy atom. The Hall–Kier alpha value is -1.86. The van der Waals surface area contributed by atoms with Crippen molar-refractivity contribution < 1.29 is 24.1 Å². The second kappa shape index (κ2) is 13.4. The van der Waals surface area contributed by atoms with Gasteiger partial charge in [0.15, 0.2) is 8.32 Å². The average molecular weight is 573 g/mol. The number of aryl methyl sites for hydroxylation is 2. The van der Waals surface area contributed by atoms with Crippen molar-refractivity contribution in [1.82, 2.24) is 0 Å². The molecule has 0 fully saturated rings. The molecule has 0 heterocycles. The van der Waals surface area contributed by atoms with Gasteiger partial charge < -0.3 is 24.1 Å². The minimum absolute atomic E-state index is 0.103. The maximum absolute atomic E-state index is 10.5. The van der Waals surface area contributed by atoms with E-state index in [0.717, 1.165) is 35.5 Å². The third kappa shape index (κ3) is 8.34. The molecule has 0 bridgehead atoms. The topological polar surface area (TPSA) is 68.2 Å². The van der Waals surface area contributed by atoms with Crippen LogP contribution in [-0.2, 0) is 9.84 Å². The molecule has 0 saturated carbocycles. The molecule has 0 radical (unpaired) electrons. The molecule has 2 aromatic rings. The number of benzene rings is 2. The number of rotatable bonds is 13. The monoisotopic (exact) mass is 572 g/mol. The van der Waals surface area contributed by atoms with Crippen LogP contribution in [0.15, 0.2) is 36.4 Å². The van der Waals surface area contributed by atoms with Crippen LogP contribution in [0.3, 0.4) is 0 Å². The van der Waals surface area contributed by atoms with Gasteiger partial charge in [0.25, 0.3) is 0 Å². The standard InChI is InChI=1S/C34H56O5Si/c1-13-34(14-2,27-16-18-30(25(4)20-27)38-23-31(36)32(5,6)7)26-15-17-29(24(3)19-26)37-21-28(35)22-39-40(11,12)33(8,9)10/h15-20,28,31,35-36H,13-14,21-23H2,1-12H3. The minimum atomic E-state index is -1.92. The van der Waals surface area contributed by atoms with E-state index in [4.69, 9.17) is 13.9 Å². The molecule has 0 aliphatic heterocycles. The molecule has 2 atom stereocenters. The summed E-state index contributed by atoms with van der Waals surface area (Å²) in [5, 5.41) is 21.0. The highest BCUT2D eigenvalue weighted by molar-refractivity contribution is 6.74.